The second-order valence-corrected chi connectivity index (χ2v) is 15.7. The summed E-state index contributed by atoms with van der Waals surface area (Å²) in [5.74, 6) is -0.290. The molecule has 0 bridgehead atoms. The minimum absolute atomic E-state index is 0.0105. The Morgan fingerprint density at radius 1 is 1.12 bits per heavy atom. The van der Waals surface area contributed by atoms with Crippen LogP contribution in [0.1, 0.15) is 73.6 Å². The smallest absolute Gasteiger partial charge is 0.318 e. The fraction of sp³-hybridized carbons (Fsp3) is 0.864. The van der Waals surface area contributed by atoms with Gasteiger partial charge in [0.15, 0.2) is 0 Å². The Kier molecular flexibility index (Phi) is 10.4. The van der Waals surface area contributed by atoms with Crippen LogP contribution in [0.4, 0.5) is 0 Å². The molecule has 0 saturated carbocycles. The second-order valence-electron chi connectivity index (χ2n) is 10.2. The van der Waals surface area contributed by atoms with Crippen molar-refractivity contribution in [3.05, 3.63) is 12.2 Å². The molecule has 0 aromatic carbocycles. The summed E-state index contributed by atoms with van der Waals surface area (Å²) in [5.41, 5.74) is -1.51. The van der Waals surface area contributed by atoms with Gasteiger partial charge in [-0.15, -0.1) is 0 Å². The van der Waals surface area contributed by atoms with Crippen LogP contribution in [0.5, 0.6) is 0 Å². The number of hydrogen-bond donors (Lipinski definition) is 1. The average Bonchev–Trinajstić information content (AvgIpc) is 2.45. The number of rotatable bonds is 11. The highest BCUT2D eigenvalue weighted by Gasteiger charge is 2.49. The zero-order chi connectivity index (χ0) is 20.6. The van der Waals surface area contributed by atoms with Gasteiger partial charge in [0.2, 0.25) is 0 Å². The van der Waals surface area contributed by atoms with Crippen LogP contribution in [0.15, 0.2) is 12.2 Å². The van der Waals surface area contributed by atoms with Crippen LogP contribution in [0.2, 0.25) is 25.7 Å². The Bertz CT molecular complexity index is 443. The van der Waals surface area contributed by atoms with Crippen molar-refractivity contribution in [1.29, 1.82) is 0 Å². The second kappa shape index (κ2) is 10.7. The first-order valence-electron chi connectivity index (χ1n) is 10.3. The van der Waals surface area contributed by atoms with Gasteiger partial charge in [0, 0.05) is 8.07 Å². The lowest BCUT2D eigenvalue weighted by Crippen LogP contribution is -2.50. The first-order valence-corrected chi connectivity index (χ1v) is 14.0. The number of unbranched alkanes of at least 4 members (excludes halogenated alkanes) is 4. The highest BCUT2D eigenvalue weighted by molar-refractivity contribution is 6.76. The summed E-state index contributed by atoms with van der Waals surface area (Å²) in [6, 6.07) is 0.694. The molecule has 26 heavy (non-hydrogen) atoms. The first kappa shape index (κ1) is 25.4. The SMILES string of the molecule is CCCCCC/C=C/[C@@](C[Si](C)(C)C)(C(=O)OC(C)(C)C)[C@@H](O)C(C)C. The van der Waals surface area contributed by atoms with E-state index in [1.165, 1.54) is 19.3 Å². The molecule has 0 saturated heterocycles. The van der Waals surface area contributed by atoms with Crippen LogP contribution in [0, 0.1) is 11.3 Å². The van der Waals surface area contributed by atoms with Crippen LogP contribution < -0.4 is 0 Å². The molecule has 0 unspecified atom stereocenters. The molecule has 0 aliphatic carbocycles. The van der Waals surface area contributed by atoms with Crippen molar-refractivity contribution < 1.29 is 14.6 Å². The standard InChI is InChI=1S/C22H44O3Si/c1-10-11-12-13-14-15-16-22(17-26(7,8)9,19(23)18(2)3)20(24)25-21(4,5)6/h15-16,18-19,23H,10-14,17H2,1-9H3/b16-15+/t19-,22-/m0/s1. The van der Waals surface area contributed by atoms with E-state index in [1.807, 2.05) is 40.7 Å². The Hall–Kier alpha value is -0.613. The molecule has 0 rings (SSSR count). The predicted octanol–water partition coefficient (Wildman–Crippen LogP) is 6.20. The molecule has 0 radical (unpaired) electrons. The van der Waals surface area contributed by atoms with E-state index in [4.69, 9.17) is 4.74 Å². The number of allylic oxidation sites excluding steroid dienone is 1. The molecule has 0 amide bonds. The Balaban J connectivity index is 5.73. The van der Waals surface area contributed by atoms with Crippen LogP contribution >= 0.6 is 0 Å². The lowest BCUT2D eigenvalue weighted by Gasteiger charge is -2.40. The molecule has 0 aliphatic heterocycles. The van der Waals surface area contributed by atoms with Crippen molar-refractivity contribution in [3.63, 3.8) is 0 Å². The summed E-state index contributed by atoms with van der Waals surface area (Å²) in [5, 5.41) is 11.1. The van der Waals surface area contributed by atoms with Crippen molar-refractivity contribution in [1.82, 2.24) is 0 Å². The maximum Gasteiger partial charge on any atom is 0.318 e. The largest absolute Gasteiger partial charge is 0.459 e. The van der Waals surface area contributed by atoms with Crippen molar-refractivity contribution in [2.24, 2.45) is 11.3 Å². The van der Waals surface area contributed by atoms with Crippen LogP contribution in [0.3, 0.4) is 0 Å². The number of hydrogen-bond acceptors (Lipinski definition) is 3. The van der Waals surface area contributed by atoms with Gasteiger partial charge in [-0.25, -0.2) is 0 Å². The van der Waals surface area contributed by atoms with Gasteiger partial charge in [0.1, 0.15) is 11.0 Å². The van der Waals surface area contributed by atoms with Gasteiger partial charge in [0.25, 0.3) is 0 Å². The van der Waals surface area contributed by atoms with Gasteiger partial charge in [-0.2, -0.15) is 0 Å². The summed E-state index contributed by atoms with van der Waals surface area (Å²) in [7, 11) is -1.63. The molecular formula is C22H44O3Si. The number of ether oxygens (including phenoxy) is 1. The van der Waals surface area contributed by atoms with E-state index in [0.29, 0.717) is 6.04 Å². The molecule has 0 aliphatic rings. The molecule has 0 heterocycles. The monoisotopic (exact) mass is 384 g/mol. The van der Waals surface area contributed by atoms with E-state index in [9.17, 15) is 9.90 Å². The quantitative estimate of drug-likeness (QED) is 0.200. The summed E-state index contributed by atoms with van der Waals surface area (Å²) in [6.45, 7) is 18.6. The highest BCUT2D eigenvalue weighted by atomic mass is 28.3. The molecule has 0 spiro atoms. The van der Waals surface area contributed by atoms with E-state index in [0.717, 1.165) is 12.8 Å². The predicted molar refractivity (Wildman–Crippen MR) is 115 cm³/mol. The number of aliphatic hydroxyl groups excluding tert-OH is 1. The molecule has 3 nitrogen and oxygen atoms in total. The lowest BCUT2D eigenvalue weighted by molar-refractivity contribution is -0.171. The van der Waals surface area contributed by atoms with E-state index in [2.05, 4.69) is 32.6 Å². The summed E-state index contributed by atoms with van der Waals surface area (Å²) >= 11 is 0. The van der Waals surface area contributed by atoms with Crippen molar-refractivity contribution in [3.8, 4) is 0 Å². The van der Waals surface area contributed by atoms with Gasteiger partial charge >= 0.3 is 5.97 Å². The minimum atomic E-state index is -1.63. The van der Waals surface area contributed by atoms with Gasteiger partial charge in [-0.05, 0) is 45.6 Å². The fourth-order valence-electron chi connectivity index (χ4n) is 3.35. The Labute approximate surface area is 163 Å². The molecule has 4 heteroatoms. The van der Waals surface area contributed by atoms with Gasteiger partial charge in [-0.3, -0.25) is 4.79 Å². The number of aliphatic hydroxyl groups is 1. The molecular weight excluding hydrogens is 340 g/mol. The van der Waals surface area contributed by atoms with E-state index < -0.39 is 25.2 Å². The zero-order valence-corrected chi connectivity index (χ0v) is 19.8. The lowest BCUT2D eigenvalue weighted by atomic mass is 9.77. The molecule has 0 aromatic heterocycles. The first-order chi connectivity index (χ1) is 11.7. The maximum atomic E-state index is 13.3. The third-order valence-corrected chi connectivity index (χ3v) is 6.05. The summed E-state index contributed by atoms with van der Waals surface area (Å²) < 4.78 is 5.79. The third-order valence-electron chi connectivity index (χ3n) is 4.40. The van der Waals surface area contributed by atoms with Gasteiger partial charge in [0.05, 0.1) is 6.10 Å². The summed E-state index contributed by atoms with van der Waals surface area (Å²) in [4.78, 5) is 13.3. The third kappa shape index (κ3) is 9.36. The zero-order valence-electron chi connectivity index (χ0n) is 18.8. The van der Waals surface area contributed by atoms with Crippen molar-refractivity contribution >= 4 is 14.0 Å². The van der Waals surface area contributed by atoms with Crippen molar-refractivity contribution in [2.75, 3.05) is 0 Å². The number of carbonyl (C=O) groups excluding carboxylic acids is 1. The van der Waals surface area contributed by atoms with Gasteiger partial charge in [-0.1, -0.05) is 71.8 Å². The highest BCUT2D eigenvalue weighted by Crippen LogP contribution is 2.40. The van der Waals surface area contributed by atoms with E-state index in [-0.39, 0.29) is 11.9 Å². The minimum Gasteiger partial charge on any atom is -0.459 e. The normalized spacial score (nSPS) is 16.7. The van der Waals surface area contributed by atoms with Crippen LogP contribution in [-0.2, 0) is 9.53 Å². The fourth-order valence-corrected chi connectivity index (χ4v) is 5.58. The number of carbonyl (C=O) groups is 1. The van der Waals surface area contributed by atoms with Crippen LogP contribution in [-0.4, -0.2) is 30.9 Å². The van der Waals surface area contributed by atoms with E-state index >= 15 is 0 Å². The molecule has 154 valence electrons. The molecule has 0 aromatic rings. The summed E-state index contributed by atoms with van der Waals surface area (Å²) in [6.07, 6.45) is 9.08. The topological polar surface area (TPSA) is 46.5 Å². The average molecular weight is 385 g/mol. The van der Waals surface area contributed by atoms with Crippen molar-refractivity contribution in [2.45, 2.75) is 111 Å². The molecule has 2 atom stereocenters. The molecule has 1 N–H and O–H groups in total. The van der Waals surface area contributed by atoms with E-state index in [1.54, 1.807) is 0 Å². The maximum absolute atomic E-state index is 13.3. The Morgan fingerprint density at radius 2 is 1.69 bits per heavy atom. The number of esters is 1. The van der Waals surface area contributed by atoms with Crippen LogP contribution in [0.25, 0.3) is 0 Å². The van der Waals surface area contributed by atoms with Gasteiger partial charge < -0.3 is 9.84 Å². The molecule has 0 fully saturated rings. The Morgan fingerprint density at radius 3 is 2.12 bits per heavy atom.